The lowest BCUT2D eigenvalue weighted by atomic mass is 10.1. The van der Waals surface area contributed by atoms with Crippen LogP contribution in [0.2, 0.25) is 0 Å². The Kier molecular flexibility index (Phi) is 3.96. The van der Waals surface area contributed by atoms with E-state index in [9.17, 15) is 8.78 Å². The van der Waals surface area contributed by atoms with Gasteiger partial charge in [0, 0.05) is 11.9 Å². The smallest absolute Gasteiger partial charge is 0.137 e. The lowest BCUT2D eigenvalue weighted by Gasteiger charge is -2.09. The van der Waals surface area contributed by atoms with Crippen molar-refractivity contribution in [3.63, 3.8) is 0 Å². The monoisotopic (exact) mass is 299 g/mol. The summed E-state index contributed by atoms with van der Waals surface area (Å²) in [5.41, 5.74) is 2.20. The largest absolute Gasteiger partial charge is 0.369 e. The minimum absolute atomic E-state index is 0.208. The molecular formula is C17H15F2N3. The summed E-state index contributed by atoms with van der Waals surface area (Å²) in [6.45, 7) is 2.36. The third-order valence-electron chi connectivity index (χ3n) is 3.49. The van der Waals surface area contributed by atoms with Crippen LogP contribution in [0.3, 0.4) is 0 Å². The van der Waals surface area contributed by atoms with Gasteiger partial charge < -0.3 is 5.32 Å². The summed E-state index contributed by atoms with van der Waals surface area (Å²) in [5, 5.41) is 3.74. The molecule has 0 amide bonds. The van der Waals surface area contributed by atoms with E-state index in [0.29, 0.717) is 35.2 Å². The van der Waals surface area contributed by atoms with Crippen LogP contribution < -0.4 is 5.32 Å². The Labute approximate surface area is 127 Å². The van der Waals surface area contributed by atoms with E-state index in [1.54, 1.807) is 12.1 Å². The summed E-state index contributed by atoms with van der Waals surface area (Å²) in [5.74, 6) is 0.00680. The van der Waals surface area contributed by atoms with E-state index in [-0.39, 0.29) is 11.6 Å². The second kappa shape index (κ2) is 6.05. The Morgan fingerprint density at radius 3 is 2.73 bits per heavy atom. The standard InChI is InChI=1S/C17H15F2N3/c1-11-2-3-12(15(19)8-11)6-7-20-17-14-9-13(18)4-5-16(14)21-10-22-17/h2-5,8-10H,6-7H2,1H3,(H,20,21,22). The van der Waals surface area contributed by atoms with Crippen molar-refractivity contribution in [1.29, 1.82) is 0 Å². The fourth-order valence-corrected chi connectivity index (χ4v) is 2.34. The van der Waals surface area contributed by atoms with Gasteiger partial charge in [-0.25, -0.2) is 18.7 Å². The molecule has 0 spiro atoms. The Balaban J connectivity index is 1.75. The molecule has 22 heavy (non-hydrogen) atoms. The summed E-state index contributed by atoms with van der Waals surface area (Å²) in [6.07, 6.45) is 1.95. The van der Waals surface area contributed by atoms with Gasteiger partial charge in [-0.15, -0.1) is 0 Å². The van der Waals surface area contributed by atoms with Gasteiger partial charge in [0.1, 0.15) is 23.8 Å². The van der Waals surface area contributed by atoms with Crippen LogP contribution in [0.4, 0.5) is 14.6 Å². The van der Waals surface area contributed by atoms with Crippen LogP contribution in [0.5, 0.6) is 0 Å². The van der Waals surface area contributed by atoms with Crippen LogP contribution in [-0.2, 0) is 6.42 Å². The predicted molar refractivity (Wildman–Crippen MR) is 82.8 cm³/mol. The van der Waals surface area contributed by atoms with E-state index in [1.165, 1.54) is 24.5 Å². The third-order valence-corrected chi connectivity index (χ3v) is 3.49. The lowest BCUT2D eigenvalue weighted by Crippen LogP contribution is -2.08. The van der Waals surface area contributed by atoms with Crippen LogP contribution in [0.25, 0.3) is 10.9 Å². The molecule has 2 aromatic carbocycles. The number of rotatable bonds is 4. The molecule has 0 bridgehead atoms. The first-order valence-corrected chi connectivity index (χ1v) is 7.02. The van der Waals surface area contributed by atoms with Gasteiger partial charge in [0.2, 0.25) is 0 Å². The molecule has 3 nitrogen and oxygen atoms in total. The number of hydrogen-bond acceptors (Lipinski definition) is 3. The predicted octanol–water partition coefficient (Wildman–Crippen LogP) is 3.87. The van der Waals surface area contributed by atoms with Crippen molar-refractivity contribution < 1.29 is 8.78 Å². The molecule has 1 N–H and O–H groups in total. The van der Waals surface area contributed by atoms with Crippen molar-refractivity contribution in [2.45, 2.75) is 13.3 Å². The van der Waals surface area contributed by atoms with Gasteiger partial charge in [0.05, 0.1) is 5.52 Å². The number of nitrogens with zero attached hydrogens (tertiary/aromatic N) is 2. The van der Waals surface area contributed by atoms with Crippen molar-refractivity contribution >= 4 is 16.7 Å². The van der Waals surface area contributed by atoms with E-state index in [1.807, 2.05) is 13.0 Å². The minimum atomic E-state index is -0.338. The molecule has 3 aromatic rings. The van der Waals surface area contributed by atoms with E-state index in [4.69, 9.17) is 0 Å². The summed E-state index contributed by atoms with van der Waals surface area (Å²) in [4.78, 5) is 8.23. The van der Waals surface area contributed by atoms with Gasteiger partial charge >= 0.3 is 0 Å². The molecule has 0 fully saturated rings. The number of benzene rings is 2. The number of fused-ring (bicyclic) bond motifs is 1. The van der Waals surface area contributed by atoms with Gasteiger partial charge in [-0.1, -0.05) is 12.1 Å². The Bertz CT molecular complexity index is 818. The molecule has 0 aliphatic carbocycles. The highest BCUT2D eigenvalue weighted by atomic mass is 19.1. The van der Waals surface area contributed by atoms with E-state index in [2.05, 4.69) is 15.3 Å². The van der Waals surface area contributed by atoms with Crippen molar-refractivity contribution in [3.8, 4) is 0 Å². The zero-order valence-corrected chi connectivity index (χ0v) is 12.1. The molecule has 0 atom stereocenters. The number of halogens is 2. The molecule has 112 valence electrons. The molecule has 0 aliphatic heterocycles. The Morgan fingerprint density at radius 2 is 1.91 bits per heavy atom. The first-order valence-electron chi connectivity index (χ1n) is 7.02. The summed E-state index contributed by atoms with van der Waals surface area (Å²) < 4.78 is 27.1. The van der Waals surface area contributed by atoms with Gasteiger partial charge in [-0.2, -0.15) is 0 Å². The van der Waals surface area contributed by atoms with Gasteiger partial charge in [0.15, 0.2) is 0 Å². The van der Waals surface area contributed by atoms with E-state index in [0.717, 1.165) is 5.56 Å². The maximum Gasteiger partial charge on any atom is 0.137 e. The van der Waals surface area contributed by atoms with Gasteiger partial charge in [0.25, 0.3) is 0 Å². The number of hydrogen-bond donors (Lipinski definition) is 1. The highest BCUT2D eigenvalue weighted by Gasteiger charge is 2.06. The van der Waals surface area contributed by atoms with Crippen LogP contribution in [-0.4, -0.2) is 16.5 Å². The second-order valence-electron chi connectivity index (χ2n) is 5.16. The molecule has 0 saturated carbocycles. The van der Waals surface area contributed by atoms with Gasteiger partial charge in [-0.3, -0.25) is 0 Å². The highest BCUT2D eigenvalue weighted by Crippen LogP contribution is 2.20. The Morgan fingerprint density at radius 1 is 1.05 bits per heavy atom. The fourth-order valence-electron chi connectivity index (χ4n) is 2.34. The van der Waals surface area contributed by atoms with Crippen molar-refractivity contribution in [2.75, 3.05) is 11.9 Å². The third kappa shape index (κ3) is 3.03. The first kappa shape index (κ1) is 14.4. The lowest BCUT2D eigenvalue weighted by molar-refractivity contribution is 0.609. The van der Waals surface area contributed by atoms with Crippen LogP contribution >= 0.6 is 0 Å². The molecule has 0 radical (unpaired) electrons. The minimum Gasteiger partial charge on any atom is -0.369 e. The highest BCUT2D eigenvalue weighted by molar-refractivity contribution is 5.88. The Hall–Kier alpha value is -2.56. The number of aryl methyl sites for hydroxylation is 1. The van der Waals surface area contributed by atoms with Crippen molar-refractivity contribution in [2.24, 2.45) is 0 Å². The zero-order chi connectivity index (χ0) is 15.5. The van der Waals surface area contributed by atoms with Crippen LogP contribution in [0.15, 0.2) is 42.7 Å². The average Bonchev–Trinajstić information content (AvgIpc) is 2.50. The number of aromatic nitrogens is 2. The maximum absolute atomic E-state index is 13.8. The molecule has 1 heterocycles. The normalized spacial score (nSPS) is 10.9. The van der Waals surface area contributed by atoms with Gasteiger partial charge in [-0.05, 0) is 48.7 Å². The second-order valence-corrected chi connectivity index (χ2v) is 5.16. The van der Waals surface area contributed by atoms with Crippen LogP contribution in [0, 0.1) is 18.6 Å². The topological polar surface area (TPSA) is 37.8 Å². The quantitative estimate of drug-likeness (QED) is 0.794. The molecule has 3 rings (SSSR count). The molecule has 1 aromatic heterocycles. The molecule has 5 heteroatoms. The number of anilines is 1. The summed E-state index contributed by atoms with van der Waals surface area (Å²) >= 11 is 0. The SMILES string of the molecule is Cc1ccc(CCNc2ncnc3ccc(F)cc23)c(F)c1. The molecule has 0 unspecified atom stereocenters. The number of nitrogens with one attached hydrogen (secondary N) is 1. The zero-order valence-electron chi connectivity index (χ0n) is 12.1. The summed E-state index contributed by atoms with van der Waals surface area (Å²) in [6, 6.07) is 9.55. The van der Waals surface area contributed by atoms with E-state index < -0.39 is 0 Å². The van der Waals surface area contributed by atoms with E-state index >= 15 is 0 Å². The first-order chi connectivity index (χ1) is 10.6. The molecule has 0 aliphatic rings. The summed E-state index contributed by atoms with van der Waals surface area (Å²) in [7, 11) is 0. The maximum atomic E-state index is 13.8. The van der Waals surface area contributed by atoms with Crippen molar-refractivity contribution in [3.05, 3.63) is 65.5 Å². The fraction of sp³-hybridized carbons (Fsp3) is 0.176. The van der Waals surface area contributed by atoms with Crippen LogP contribution in [0.1, 0.15) is 11.1 Å². The average molecular weight is 299 g/mol. The molecule has 0 saturated heterocycles. The van der Waals surface area contributed by atoms with Crippen molar-refractivity contribution in [1.82, 2.24) is 9.97 Å². The molecular weight excluding hydrogens is 284 g/mol.